The van der Waals surface area contributed by atoms with Crippen LogP contribution in [0.25, 0.3) is 0 Å². The summed E-state index contributed by atoms with van der Waals surface area (Å²) < 4.78 is 27.5. The van der Waals surface area contributed by atoms with E-state index in [-0.39, 0.29) is 36.0 Å². The van der Waals surface area contributed by atoms with Crippen molar-refractivity contribution < 1.29 is 22.9 Å². The van der Waals surface area contributed by atoms with E-state index in [1.807, 2.05) is 0 Å². The number of hydrogen-bond acceptors (Lipinski definition) is 6. The van der Waals surface area contributed by atoms with Crippen molar-refractivity contribution in [3.63, 3.8) is 0 Å². The van der Waals surface area contributed by atoms with Gasteiger partial charge in [-0.05, 0) is 19.1 Å². The van der Waals surface area contributed by atoms with Crippen LogP contribution in [0.4, 0.5) is 11.4 Å². The molecule has 1 amide bonds. The zero-order chi connectivity index (χ0) is 17.2. The molecule has 23 heavy (non-hydrogen) atoms. The summed E-state index contributed by atoms with van der Waals surface area (Å²) in [4.78, 5) is 24.0. The highest BCUT2D eigenvalue weighted by molar-refractivity contribution is 8.13. The topological polar surface area (TPSA) is 107 Å². The van der Waals surface area contributed by atoms with Crippen molar-refractivity contribution in [2.45, 2.75) is 13.3 Å². The van der Waals surface area contributed by atoms with Crippen molar-refractivity contribution in [3.8, 4) is 5.75 Å². The number of halogens is 1. The van der Waals surface area contributed by atoms with Gasteiger partial charge in [-0.25, -0.2) is 8.42 Å². The average molecular weight is 363 g/mol. The van der Waals surface area contributed by atoms with Gasteiger partial charge in [-0.1, -0.05) is 0 Å². The van der Waals surface area contributed by atoms with E-state index in [0.29, 0.717) is 12.4 Å². The molecule has 0 N–H and O–H groups in total. The lowest BCUT2D eigenvalue weighted by atomic mass is 10.1. The third-order valence-corrected chi connectivity index (χ3v) is 4.63. The summed E-state index contributed by atoms with van der Waals surface area (Å²) in [7, 11) is 1.47. The van der Waals surface area contributed by atoms with E-state index in [1.165, 1.54) is 23.1 Å². The molecule has 1 heterocycles. The largest absolute Gasteiger partial charge is 0.494 e. The number of benzene rings is 1. The number of carbonyl (C=O) groups excluding carboxylic acids is 1. The number of ether oxygens (including phenoxy) is 1. The van der Waals surface area contributed by atoms with Crippen LogP contribution < -0.4 is 9.64 Å². The van der Waals surface area contributed by atoms with Crippen LogP contribution in [-0.2, 0) is 13.8 Å². The fraction of sp³-hybridized carbons (Fsp3) is 0.462. The van der Waals surface area contributed by atoms with E-state index in [1.54, 1.807) is 6.92 Å². The number of anilines is 1. The zero-order valence-electron chi connectivity index (χ0n) is 12.3. The summed E-state index contributed by atoms with van der Waals surface area (Å²) in [5, 5.41) is 11.2. The normalized spacial score (nSPS) is 18.3. The fourth-order valence-electron chi connectivity index (χ4n) is 2.54. The molecule has 1 fully saturated rings. The van der Waals surface area contributed by atoms with Gasteiger partial charge in [0.15, 0.2) is 0 Å². The van der Waals surface area contributed by atoms with Gasteiger partial charge < -0.3 is 9.64 Å². The Balaban J connectivity index is 2.30. The van der Waals surface area contributed by atoms with Crippen LogP contribution in [0, 0.1) is 16.0 Å². The molecule has 2 rings (SSSR count). The Hall–Kier alpha value is -1.87. The smallest absolute Gasteiger partial charge is 0.296 e. The van der Waals surface area contributed by atoms with E-state index < -0.39 is 19.9 Å². The van der Waals surface area contributed by atoms with E-state index in [9.17, 15) is 23.3 Å². The number of nitro groups is 1. The second-order valence-electron chi connectivity index (χ2n) is 5.12. The number of amides is 1. The number of nitrogens with zero attached hydrogens (tertiary/aromatic N) is 2. The highest BCUT2D eigenvalue weighted by atomic mass is 35.7. The molecule has 0 aromatic heterocycles. The third-order valence-electron chi connectivity index (χ3n) is 3.39. The first-order chi connectivity index (χ1) is 10.7. The SMILES string of the molecule is CCOc1ccc(N2CC(CS(=O)(=O)Cl)CC2=O)c([N+](=O)[O-])c1. The zero-order valence-corrected chi connectivity index (χ0v) is 13.8. The summed E-state index contributed by atoms with van der Waals surface area (Å²) >= 11 is 0. The summed E-state index contributed by atoms with van der Waals surface area (Å²) in [6.45, 7) is 2.18. The van der Waals surface area contributed by atoms with Crippen LogP contribution >= 0.6 is 10.7 Å². The molecule has 1 aliphatic heterocycles. The maximum absolute atomic E-state index is 12.1. The third kappa shape index (κ3) is 4.32. The second-order valence-corrected chi connectivity index (χ2v) is 7.94. The molecular weight excluding hydrogens is 348 g/mol. The van der Waals surface area contributed by atoms with Crippen molar-refractivity contribution in [2.75, 3.05) is 23.8 Å². The standard InChI is InChI=1S/C13H15ClN2O6S/c1-2-22-10-3-4-11(12(6-10)16(18)19)15-7-9(5-13(15)17)8-23(14,20)21/h3-4,6,9H,2,5,7-8H2,1H3. The number of rotatable bonds is 6. The molecule has 1 aliphatic rings. The molecule has 1 saturated heterocycles. The maximum atomic E-state index is 12.1. The van der Waals surface area contributed by atoms with E-state index in [4.69, 9.17) is 15.4 Å². The second kappa shape index (κ2) is 6.71. The molecular formula is C13H15ClN2O6S. The monoisotopic (exact) mass is 362 g/mol. The fourth-order valence-corrected chi connectivity index (χ4v) is 3.86. The first-order valence-corrected chi connectivity index (χ1v) is 9.33. The Kier molecular flexibility index (Phi) is 5.10. The summed E-state index contributed by atoms with van der Waals surface area (Å²) in [6.07, 6.45) is -0.0175. The number of hydrogen-bond donors (Lipinski definition) is 0. The van der Waals surface area contributed by atoms with Crippen molar-refractivity contribution in [1.82, 2.24) is 0 Å². The van der Waals surface area contributed by atoms with E-state index in [0.717, 1.165) is 0 Å². The van der Waals surface area contributed by atoms with Gasteiger partial charge in [0.2, 0.25) is 15.0 Å². The van der Waals surface area contributed by atoms with Gasteiger partial charge in [0.05, 0.1) is 23.3 Å². The van der Waals surface area contributed by atoms with Crippen LogP contribution in [0.2, 0.25) is 0 Å². The number of carbonyl (C=O) groups is 1. The molecule has 0 bridgehead atoms. The van der Waals surface area contributed by atoms with Crippen LogP contribution in [0.5, 0.6) is 5.75 Å². The molecule has 0 radical (unpaired) electrons. The minimum Gasteiger partial charge on any atom is -0.494 e. The Morgan fingerprint density at radius 3 is 2.74 bits per heavy atom. The van der Waals surface area contributed by atoms with Gasteiger partial charge in [-0.15, -0.1) is 0 Å². The van der Waals surface area contributed by atoms with Crippen molar-refractivity contribution in [1.29, 1.82) is 0 Å². The highest BCUT2D eigenvalue weighted by Crippen LogP contribution is 2.36. The molecule has 1 aromatic rings. The molecule has 1 atom stereocenters. The molecule has 0 spiro atoms. The quantitative estimate of drug-likeness (QED) is 0.434. The lowest BCUT2D eigenvalue weighted by Crippen LogP contribution is -2.26. The Morgan fingerprint density at radius 1 is 1.48 bits per heavy atom. The molecule has 1 aromatic carbocycles. The highest BCUT2D eigenvalue weighted by Gasteiger charge is 2.36. The lowest BCUT2D eigenvalue weighted by molar-refractivity contribution is -0.384. The molecule has 126 valence electrons. The summed E-state index contributed by atoms with van der Waals surface area (Å²) in [5.74, 6) is -0.880. The van der Waals surface area contributed by atoms with E-state index >= 15 is 0 Å². The predicted octanol–water partition coefficient (Wildman–Crippen LogP) is 1.92. The Labute approximate surface area is 137 Å². The van der Waals surface area contributed by atoms with E-state index in [2.05, 4.69) is 0 Å². The van der Waals surface area contributed by atoms with Crippen molar-refractivity contribution >= 4 is 37.0 Å². The minimum absolute atomic E-state index is 0.0175. The van der Waals surface area contributed by atoms with Crippen molar-refractivity contribution in [2.24, 2.45) is 5.92 Å². The molecule has 0 aliphatic carbocycles. The van der Waals surface area contributed by atoms with Crippen LogP contribution in [0.3, 0.4) is 0 Å². The predicted molar refractivity (Wildman–Crippen MR) is 84.4 cm³/mol. The minimum atomic E-state index is -3.74. The summed E-state index contributed by atoms with van der Waals surface area (Å²) in [5.41, 5.74) is -0.142. The summed E-state index contributed by atoms with van der Waals surface area (Å²) in [6, 6.07) is 4.21. The molecule has 1 unspecified atom stereocenters. The first-order valence-electron chi connectivity index (χ1n) is 6.85. The van der Waals surface area contributed by atoms with Crippen molar-refractivity contribution in [3.05, 3.63) is 28.3 Å². The van der Waals surface area contributed by atoms with Gasteiger partial charge >= 0.3 is 0 Å². The van der Waals surface area contributed by atoms with Gasteiger partial charge in [0.1, 0.15) is 11.4 Å². The van der Waals surface area contributed by atoms with Gasteiger partial charge in [-0.2, -0.15) is 0 Å². The lowest BCUT2D eigenvalue weighted by Gasteiger charge is -2.17. The van der Waals surface area contributed by atoms with Gasteiger partial charge in [-0.3, -0.25) is 14.9 Å². The average Bonchev–Trinajstić information content (AvgIpc) is 2.77. The molecule has 10 heteroatoms. The van der Waals surface area contributed by atoms with Crippen LogP contribution in [0.15, 0.2) is 18.2 Å². The number of nitro benzene ring substituents is 1. The first kappa shape index (κ1) is 17.5. The molecule has 8 nitrogen and oxygen atoms in total. The Morgan fingerprint density at radius 2 is 2.17 bits per heavy atom. The molecule has 0 saturated carbocycles. The van der Waals surface area contributed by atoms with Gasteiger partial charge in [0.25, 0.3) is 5.69 Å². The van der Waals surface area contributed by atoms with Gasteiger partial charge in [0, 0.05) is 29.6 Å². The van der Waals surface area contributed by atoms with Crippen LogP contribution in [-0.4, -0.2) is 38.2 Å². The van der Waals surface area contributed by atoms with Crippen LogP contribution in [0.1, 0.15) is 13.3 Å². The maximum Gasteiger partial charge on any atom is 0.296 e. The Bertz CT molecular complexity index is 736.